The highest BCUT2D eigenvalue weighted by Gasteiger charge is 2.72. The third-order valence-electron chi connectivity index (χ3n) is 9.08. The van der Waals surface area contributed by atoms with Crippen LogP contribution in [0.5, 0.6) is 0 Å². The van der Waals surface area contributed by atoms with Crippen LogP contribution in [-0.2, 0) is 23.9 Å². The molecule has 8 atom stereocenters. The maximum Gasteiger partial charge on any atom is 0.246 e. The molecule has 40 heavy (non-hydrogen) atoms. The van der Waals surface area contributed by atoms with E-state index in [4.69, 9.17) is 32.7 Å². The van der Waals surface area contributed by atoms with Gasteiger partial charge in [0.1, 0.15) is 11.6 Å². The van der Waals surface area contributed by atoms with Crippen molar-refractivity contribution in [3.05, 3.63) is 40.4 Å². The number of likely N-dealkylation sites (tertiary alicyclic amines) is 1. The first-order chi connectivity index (χ1) is 19.0. The number of carbonyl (C=O) groups excluding carboxylic acids is 3. The number of rotatable bonds is 9. The van der Waals surface area contributed by atoms with Gasteiger partial charge in [0.25, 0.3) is 0 Å². The Morgan fingerprint density at radius 2 is 1.88 bits per heavy atom. The lowest BCUT2D eigenvalue weighted by Gasteiger charge is -2.38. The number of fused-ring (bicyclic) bond motifs is 1. The van der Waals surface area contributed by atoms with Gasteiger partial charge in [-0.05, 0) is 56.7 Å². The molecule has 5 rings (SSSR count). The lowest BCUT2D eigenvalue weighted by molar-refractivity contribution is -0.142. The molecule has 1 aromatic carbocycles. The summed E-state index contributed by atoms with van der Waals surface area (Å²) < 4.78 is 12.1. The van der Waals surface area contributed by atoms with Crippen molar-refractivity contribution in [3.8, 4) is 0 Å². The zero-order valence-corrected chi connectivity index (χ0v) is 25.0. The van der Waals surface area contributed by atoms with Crippen molar-refractivity contribution in [2.45, 2.75) is 83.3 Å². The molecule has 1 saturated carbocycles. The maximum atomic E-state index is 14.1. The Hall–Kier alpha value is -2.13. The van der Waals surface area contributed by atoms with Crippen LogP contribution in [0.1, 0.15) is 53.4 Å². The molecule has 1 spiro atoms. The van der Waals surface area contributed by atoms with Gasteiger partial charge in [-0.25, -0.2) is 0 Å². The Morgan fingerprint density at radius 1 is 1.15 bits per heavy atom. The van der Waals surface area contributed by atoms with Crippen molar-refractivity contribution in [1.29, 1.82) is 0 Å². The van der Waals surface area contributed by atoms with E-state index in [1.807, 2.05) is 26.0 Å². The first kappa shape index (κ1) is 29.4. The molecule has 10 heteroatoms. The van der Waals surface area contributed by atoms with Crippen LogP contribution in [0.25, 0.3) is 0 Å². The smallest absolute Gasteiger partial charge is 0.246 e. The zero-order valence-electron chi connectivity index (χ0n) is 23.5. The third kappa shape index (κ3) is 5.40. The highest BCUT2D eigenvalue weighted by Crippen LogP contribution is 2.55. The van der Waals surface area contributed by atoms with E-state index in [0.717, 1.165) is 19.3 Å². The lowest BCUT2D eigenvalue weighted by Crippen LogP contribution is -2.58. The number of carbonyl (C=O) groups is 3. The van der Waals surface area contributed by atoms with Crippen LogP contribution in [0.2, 0.25) is 10.0 Å². The van der Waals surface area contributed by atoms with Crippen LogP contribution >= 0.6 is 23.2 Å². The molecule has 1 aliphatic carbocycles. The Kier molecular flexibility index (Phi) is 8.54. The third-order valence-corrected chi connectivity index (χ3v) is 9.52. The summed E-state index contributed by atoms with van der Waals surface area (Å²) in [5.41, 5.74) is -0.770. The van der Waals surface area contributed by atoms with E-state index in [0.29, 0.717) is 47.1 Å². The van der Waals surface area contributed by atoms with Crippen molar-refractivity contribution in [2.75, 3.05) is 18.5 Å². The molecule has 4 aliphatic rings. The van der Waals surface area contributed by atoms with Gasteiger partial charge >= 0.3 is 0 Å². The summed E-state index contributed by atoms with van der Waals surface area (Å²) in [5.74, 6) is -1.61. The summed E-state index contributed by atoms with van der Waals surface area (Å²) in [4.78, 5) is 43.4. The number of amides is 3. The predicted molar refractivity (Wildman–Crippen MR) is 154 cm³/mol. The number of nitrogens with one attached hydrogen (secondary N) is 2. The van der Waals surface area contributed by atoms with Gasteiger partial charge in [-0.3, -0.25) is 14.4 Å². The molecule has 0 unspecified atom stereocenters. The molecule has 2 N–H and O–H groups in total. The summed E-state index contributed by atoms with van der Waals surface area (Å²) in [6.07, 6.45) is 6.78. The van der Waals surface area contributed by atoms with E-state index < -0.39 is 29.6 Å². The van der Waals surface area contributed by atoms with E-state index >= 15 is 0 Å². The van der Waals surface area contributed by atoms with Crippen LogP contribution in [0, 0.1) is 23.7 Å². The van der Waals surface area contributed by atoms with Gasteiger partial charge < -0.3 is 25.0 Å². The molecule has 3 fully saturated rings. The van der Waals surface area contributed by atoms with Crippen LogP contribution in [0.4, 0.5) is 5.69 Å². The molecule has 218 valence electrons. The summed E-state index contributed by atoms with van der Waals surface area (Å²) >= 11 is 12.3. The number of hydrogen-bond donors (Lipinski definition) is 2. The van der Waals surface area contributed by atoms with Gasteiger partial charge in [0.05, 0.1) is 24.0 Å². The highest BCUT2D eigenvalue weighted by atomic mass is 35.5. The molecule has 3 heterocycles. The van der Waals surface area contributed by atoms with Crippen molar-refractivity contribution < 1.29 is 23.9 Å². The van der Waals surface area contributed by atoms with Crippen LogP contribution < -0.4 is 10.6 Å². The van der Waals surface area contributed by atoms with E-state index in [2.05, 4.69) is 24.5 Å². The van der Waals surface area contributed by atoms with Gasteiger partial charge in [-0.1, -0.05) is 62.0 Å². The van der Waals surface area contributed by atoms with Crippen molar-refractivity contribution >= 4 is 46.6 Å². The maximum absolute atomic E-state index is 14.1. The fourth-order valence-corrected chi connectivity index (χ4v) is 7.49. The average Bonchev–Trinajstić information content (AvgIpc) is 3.51. The fourth-order valence-electron chi connectivity index (χ4n) is 6.96. The minimum Gasteiger partial charge on any atom is -0.379 e. The molecular weight excluding hydrogens is 553 g/mol. The van der Waals surface area contributed by atoms with Gasteiger partial charge in [0, 0.05) is 34.9 Å². The second-order valence-corrected chi connectivity index (χ2v) is 12.9. The Balaban J connectivity index is 1.41. The van der Waals surface area contributed by atoms with Gasteiger partial charge in [-0.15, -0.1) is 0 Å². The molecular formula is C30H39Cl2N3O5. The number of ether oxygens (including phenoxy) is 2. The first-order valence-corrected chi connectivity index (χ1v) is 15.1. The molecule has 2 saturated heterocycles. The topological polar surface area (TPSA) is 97.0 Å². The van der Waals surface area contributed by atoms with Crippen LogP contribution in [-0.4, -0.2) is 65.7 Å². The first-order valence-electron chi connectivity index (χ1n) is 14.4. The normalized spacial score (nSPS) is 34.4. The summed E-state index contributed by atoms with van der Waals surface area (Å²) in [7, 11) is 0. The van der Waals surface area contributed by atoms with Gasteiger partial charge in [0.15, 0.2) is 0 Å². The molecule has 3 amide bonds. The molecule has 0 radical (unpaired) electrons. The number of nitrogens with zero attached hydrogens (tertiary/aromatic N) is 1. The Labute approximate surface area is 246 Å². The minimum absolute atomic E-state index is 0.0298. The monoisotopic (exact) mass is 591 g/mol. The number of benzene rings is 1. The lowest BCUT2D eigenvalue weighted by atomic mass is 9.73. The number of anilines is 1. The fraction of sp³-hybridized carbons (Fsp3) is 0.633. The van der Waals surface area contributed by atoms with E-state index in [-0.39, 0.29) is 29.9 Å². The van der Waals surface area contributed by atoms with Gasteiger partial charge in [0.2, 0.25) is 17.7 Å². The molecule has 8 nitrogen and oxygen atoms in total. The highest BCUT2D eigenvalue weighted by molar-refractivity contribution is 6.35. The molecule has 2 bridgehead atoms. The number of hydrogen-bond acceptors (Lipinski definition) is 5. The van der Waals surface area contributed by atoms with E-state index in [9.17, 15) is 14.4 Å². The standard InChI is InChI=1S/C30H39Cl2N3O5/c1-16(2)39-12-6-11-35-26(28(37)34-22-8-5-7-17(3)18(22)4)30-10-9-23(40-30)24(25(30)29(35)38)27(36)33-21-14-19(31)13-20(32)15-21/h9-10,13-18,22-26H,5-8,11-12H2,1-4H3,(H,33,36)(H,34,37)/t17-,18-,22-,23-,24-,25-,26+,30+/m1/s1. The largest absolute Gasteiger partial charge is 0.379 e. The quantitative estimate of drug-likeness (QED) is 0.316. The van der Waals surface area contributed by atoms with Crippen molar-refractivity contribution in [2.24, 2.45) is 23.7 Å². The second kappa shape index (κ2) is 11.6. The SMILES string of the molecule is CC(C)OCCCN1C(=O)[C@H]2[C@H](C(=O)Nc3cc(Cl)cc(Cl)c3)[C@H]3C=C[C@@]2(O3)[C@@H]1C(=O)N[C@@H]1CCC[C@@H](C)[C@H]1C. The number of halogens is 2. The second-order valence-electron chi connectivity index (χ2n) is 12.0. The summed E-state index contributed by atoms with van der Waals surface area (Å²) in [6, 6.07) is 3.95. The Morgan fingerprint density at radius 3 is 2.58 bits per heavy atom. The average molecular weight is 593 g/mol. The van der Waals surface area contributed by atoms with E-state index in [1.165, 1.54) is 0 Å². The van der Waals surface area contributed by atoms with Gasteiger partial charge in [-0.2, -0.15) is 0 Å². The molecule has 3 aliphatic heterocycles. The molecule has 0 aromatic heterocycles. The van der Waals surface area contributed by atoms with Crippen LogP contribution in [0.3, 0.4) is 0 Å². The summed E-state index contributed by atoms with van der Waals surface area (Å²) in [5, 5.41) is 6.92. The van der Waals surface area contributed by atoms with Crippen molar-refractivity contribution in [1.82, 2.24) is 10.2 Å². The summed E-state index contributed by atoms with van der Waals surface area (Å²) in [6.45, 7) is 9.11. The Bertz CT molecular complexity index is 1170. The predicted octanol–water partition coefficient (Wildman–Crippen LogP) is 4.84. The van der Waals surface area contributed by atoms with Crippen molar-refractivity contribution in [3.63, 3.8) is 0 Å². The van der Waals surface area contributed by atoms with Crippen LogP contribution in [0.15, 0.2) is 30.4 Å². The minimum atomic E-state index is -1.21. The molecule has 1 aromatic rings. The van der Waals surface area contributed by atoms with E-state index in [1.54, 1.807) is 23.1 Å². The zero-order chi connectivity index (χ0) is 28.8.